The number of aromatic hydroxyl groups is 1. The Morgan fingerprint density at radius 3 is 2.69 bits per heavy atom. The number of nitro benzene ring substituents is 1. The Kier molecular flexibility index (Phi) is 2.91. The fourth-order valence-corrected chi connectivity index (χ4v) is 1.83. The molecule has 0 bridgehead atoms. The van der Waals surface area contributed by atoms with Crippen LogP contribution in [0.15, 0.2) is 18.2 Å². The molecule has 1 heterocycles. The minimum absolute atomic E-state index is 0.240. The number of hydrogen-bond acceptors (Lipinski definition) is 5. The van der Waals surface area contributed by atoms with E-state index in [4.69, 9.17) is 0 Å². The number of anilines is 1. The summed E-state index contributed by atoms with van der Waals surface area (Å²) in [6.07, 6.45) is 0. The van der Waals surface area contributed by atoms with Crippen LogP contribution < -0.4 is 10.2 Å². The topological polar surface area (TPSA) is 78.6 Å². The Labute approximate surface area is 92.6 Å². The molecule has 1 aromatic carbocycles. The molecular formula is C10H13N3O3. The van der Waals surface area contributed by atoms with Gasteiger partial charge in [-0.2, -0.15) is 0 Å². The molecule has 1 saturated heterocycles. The molecule has 0 atom stereocenters. The van der Waals surface area contributed by atoms with Gasteiger partial charge in [-0.05, 0) is 6.07 Å². The summed E-state index contributed by atoms with van der Waals surface area (Å²) >= 11 is 0. The molecule has 2 N–H and O–H groups in total. The average Bonchev–Trinajstić information content (AvgIpc) is 2.30. The quantitative estimate of drug-likeness (QED) is 0.570. The molecule has 16 heavy (non-hydrogen) atoms. The molecule has 0 aliphatic carbocycles. The van der Waals surface area contributed by atoms with E-state index in [0.29, 0.717) is 5.69 Å². The van der Waals surface area contributed by atoms with Gasteiger partial charge in [0, 0.05) is 32.2 Å². The highest BCUT2D eigenvalue weighted by Gasteiger charge is 2.21. The lowest BCUT2D eigenvalue weighted by atomic mass is 10.2. The Bertz CT molecular complexity index is 402. The first-order valence-corrected chi connectivity index (χ1v) is 5.12. The lowest BCUT2D eigenvalue weighted by molar-refractivity contribution is -0.385. The van der Waals surface area contributed by atoms with Crippen molar-refractivity contribution < 1.29 is 10.0 Å². The SMILES string of the molecule is O=[N+]([O-])c1cccc(N2CCNCC2)c1O. The van der Waals surface area contributed by atoms with Gasteiger partial charge in [-0.3, -0.25) is 10.1 Å². The van der Waals surface area contributed by atoms with Gasteiger partial charge in [-0.25, -0.2) is 0 Å². The summed E-state index contributed by atoms with van der Waals surface area (Å²) in [6.45, 7) is 3.13. The third-order valence-electron chi connectivity index (χ3n) is 2.65. The van der Waals surface area contributed by atoms with Crippen molar-refractivity contribution in [2.75, 3.05) is 31.1 Å². The molecule has 0 aromatic heterocycles. The van der Waals surface area contributed by atoms with Crippen molar-refractivity contribution in [1.29, 1.82) is 0 Å². The fourth-order valence-electron chi connectivity index (χ4n) is 1.83. The summed E-state index contributed by atoms with van der Waals surface area (Å²) in [6, 6.07) is 4.60. The predicted octanol–water partition coefficient (Wildman–Crippen LogP) is 0.710. The van der Waals surface area contributed by atoms with E-state index in [2.05, 4.69) is 5.32 Å². The highest BCUT2D eigenvalue weighted by molar-refractivity contribution is 5.66. The van der Waals surface area contributed by atoms with Crippen LogP contribution in [0, 0.1) is 10.1 Å². The van der Waals surface area contributed by atoms with Gasteiger partial charge in [0.25, 0.3) is 0 Å². The van der Waals surface area contributed by atoms with Crippen LogP contribution >= 0.6 is 0 Å². The molecule has 0 saturated carbocycles. The molecule has 0 amide bonds. The monoisotopic (exact) mass is 223 g/mol. The van der Waals surface area contributed by atoms with Crippen molar-refractivity contribution in [1.82, 2.24) is 5.32 Å². The number of nitrogens with one attached hydrogen (secondary N) is 1. The molecule has 6 nitrogen and oxygen atoms in total. The molecule has 1 aliphatic rings. The number of hydrogen-bond donors (Lipinski definition) is 2. The molecule has 1 fully saturated rings. The number of nitrogens with zero attached hydrogens (tertiary/aromatic N) is 2. The Balaban J connectivity index is 2.33. The third kappa shape index (κ3) is 1.92. The van der Waals surface area contributed by atoms with Gasteiger partial charge in [0.1, 0.15) is 0 Å². The van der Waals surface area contributed by atoms with Crippen molar-refractivity contribution in [3.05, 3.63) is 28.3 Å². The van der Waals surface area contributed by atoms with Crippen LogP contribution in [0.3, 0.4) is 0 Å². The summed E-state index contributed by atoms with van der Waals surface area (Å²) in [5, 5.41) is 23.7. The first kappa shape index (κ1) is 10.7. The first-order chi connectivity index (χ1) is 7.70. The number of phenolic OH excluding ortho intramolecular Hbond substituents is 1. The normalized spacial score (nSPS) is 16.1. The zero-order valence-corrected chi connectivity index (χ0v) is 8.72. The maximum Gasteiger partial charge on any atom is 0.312 e. The largest absolute Gasteiger partial charge is 0.501 e. The van der Waals surface area contributed by atoms with Crippen LogP contribution in [0.2, 0.25) is 0 Å². The first-order valence-electron chi connectivity index (χ1n) is 5.12. The molecule has 1 aromatic rings. The summed E-state index contributed by atoms with van der Waals surface area (Å²) in [5.41, 5.74) is 0.298. The van der Waals surface area contributed by atoms with Gasteiger partial charge in [0.2, 0.25) is 5.75 Å². The molecule has 2 rings (SSSR count). The van der Waals surface area contributed by atoms with E-state index in [1.54, 1.807) is 12.1 Å². The highest BCUT2D eigenvalue weighted by Crippen LogP contribution is 2.35. The predicted molar refractivity (Wildman–Crippen MR) is 59.8 cm³/mol. The van der Waals surface area contributed by atoms with Crippen molar-refractivity contribution in [3.63, 3.8) is 0 Å². The second kappa shape index (κ2) is 4.36. The van der Waals surface area contributed by atoms with E-state index in [-0.39, 0.29) is 11.4 Å². The van der Waals surface area contributed by atoms with Crippen LogP contribution in [0.1, 0.15) is 0 Å². The van der Waals surface area contributed by atoms with E-state index in [0.717, 1.165) is 26.2 Å². The van der Waals surface area contributed by atoms with Crippen molar-refractivity contribution in [2.24, 2.45) is 0 Å². The summed E-state index contributed by atoms with van der Waals surface area (Å²) in [4.78, 5) is 12.0. The number of nitro groups is 1. The van der Waals surface area contributed by atoms with E-state index in [9.17, 15) is 15.2 Å². The molecule has 0 spiro atoms. The number of rotatable bonds is 2. The van der Waals surface area contributed by atoms with Crippen LogP contribution in [0.5, 0.6) is 5.75 Å². The van der Waals surface area contributed by atoms with Gasteiger partial charge < -0.3 is 15.3 Å². The van der Waals surface area contributed by atoms with Crippen molar-refractivity contribution >= 4 is 11.4 Å². The number of para-hydroxylation sites is 1. The Morgan fingerprint density at radius 1 is 1.38 bits per heavy atom. The third-order valence-corrected chi connectivity index (χ3v) is 2.65. The second-order valence-corrected chi connectivity index (χ2v) is 3.64. The van der Waals surface area contributed by atoms with Crippen molar-refractivity contribution in [3.8, 4) is 5.75 Å². The van der Waals surface area contributed by atoms with Gasteiger partial charge in [-0.1, -0.05) is 6.07 Å². The lowest BCUT2D eigenvalue weighted by Crippen LogP contribution is -2.43. The summed E-state index contributed by atoms with van der Waals surface area (Å²) in [7, 11) is 0. The maximum absolute atomic E-state index is 10.7. The minimum atomic E-state index is -0.568. The zero-order valence-electron chi connectivity index (χ0n) is 8.72. The maximum atomic E-state index is 10.7. The second-order valence-electron chi connectivity index (χ2n) is 3.64. The van der Waals surface area contributed by atoms with Gasteiger partial charge in [0.15, 0.2) is 0 Å². The van der Waals surface area contributed by atoms with E-state index in [1.807, 2.05) is 4.90 Å². The summed E-state index contributed by atoms with van der Waals surface area (Å²) in [5.74, 6) is -0.241. The van der Waals surface area contributed by atoms with E-state index >= 15 is 0 Å². The highest BCUT2D eigenvalue weighted by atomic mass is 16.6. The lowest BCUT2D eigenvalue weighted by Gasteiger charge is -2.29. The van der Waals surface area contributed by atoms with Gasteiger partial charge >= 0.3 is 5.69 Å². The zero-order chi connectivity index (χ0) is 11.5. The van der Waals surface area contributed by atoms with Crippen LogP contribution in [-0.2, 0) is 0 Å². The standard InChI is InChI=1S/C10H13N3O3/c14-10-8(12-6-4-11-5-7-12)2-1-3-9(10)13(15)16/h1-3,11,14H,4-7H2. The molecule has 86 valence electrons. The van der Waals surface area contributed by atoms with Crippen molar-refractivity contribution in [2.45, 2.75) is 0 Å². The van der Waals surface area contributed by atoms with Gasteiger partial charge in [-0.15, -0.1) is 0 Å². The molecule has 0 radical (unpaired) electrons. The smallest absolute Gasteiger partial charge is 0.312 e. The molecule has 1 aliphatic heterocycles. The Morgan fingerprint density at radius 2 is 2.06 bits per heavy atom. The molecular weight excluding hydrogens is 210 g/mol. The van der Waals surface area contributed by atoms with Crippen LogP contribution in [-0.4, -0.2) is 36.2 Å². The van der Waals surface area contributed by atoms with E-state index < -0.39 is 4.92 Å². The number of piperazine rings is 1. The van der Waals surface area contributed by atoms with E-state index in [1.165, 1.54) is 6.07 Å². The average molecular weight is 223 g/mol. The fraction of sp³-hybridized carbons (Fsp3) is 0.400. The number of phenols is 1. The Hall–Kier alpha value is -1.82. The number of benzene rings is 1. The van der Waals surface area contributed by atoms with Crippen LogP contribution in [0.25, 0.3) is 0 Å². The minimum Gasteiger partial charge on any atom is -0.501 e. The summed E-state index contributed by atoms with van der Waals surface area (Å²) < 4.78 is 0. The van der Waals surface area contributed by atoms with Crippen LogP contribution in [0.4, 0.5) is 11.4 Å². The van der Waals surface area contributed by atoms with Gasteiger partial charge in [0.05, 0.1) is 10.6 Å². The molecule has 6 heteroatoms. The molecule has 0 unspecified atom stereocenters.